The second kappa shape index (κ2) is 7.54. The van der Waals surface area contributed by atoms with Crippen LogP contribution in [0.5, 0.6) is 11.5 Å². The third-order valence-corrected chi connectivity index (χ3v) is 5.79. The molecule has 0 saturated heterocycles. The van der Waals surface area contributed by atoms with Crippen LogP contribution < -0.4 is 4.74 Å². The topological polar surface area (TPSA) is 75.2 Å². The molecule has 0 spiro atoms. The van der Waals surface area contributed by atoms with Crippen molar-refractivity contribution >= 4 is 16.7 Å². The van der Waals surface area contributed by atoms with Gasteiger partial charge >= 0.3 is 5.97 Å². The summed E-state index contributed by atoms with van der Waals surface area (Å²) in [4.78, 5) is 11.9. The van der Waals surface area contributed by atoms with Crippen molar-refractivity contribution < 1.29 is 19.0 Å². The van der Waals surface area contributed by atoms with Crippen molar-refractivity contribution in [2.24, 2.45) is 0 Å². The lowest BCUT2D eigenvalue weighted by molar-refractivity contribution is 0.0694. The summed E-state index contributed by atoms with van der Waals surface area (Å²) in [6.45, 7) is 2.12. The molecule has 6 heteroatoms. The second-order valence-electron chi connectivity index (χ2n) is 7.90. The highest BCUT2D eigenvalue weighted by molar-refractivity contribution is 5.93. The van der Waals surface area contributed by atoms with Crippen LogP contribution in [0.3, 0.4) is 0 Å². The van der Waals surface area contributed by atoms with Crippen LogP contribution in [-0.2, 0) is 6.42 Å². The van der Waals surface area contributed by atoms with Gasteiger partial charge < -0.3 is 9.84 Å². The number of aromatic amines is 1. The number of nitrogens with one attached hydrogen (secondary N) is 1. The maximum absolute atomic E-state index is 13.8. The normalized spacial score (nSPS) is 13.5. The number of carboxylic acid groups (broad SMARTS) is 1. The van der Waals surface area contributed by atoms with Crippen molar-refractivity contribution in [3.05, 3.63) is 77.4 Å². The Morgan fingerprint density at radius 1 is 1.19 bits per heavy atom. The van der Waals surface area contributed by atoms with Crippen LogP contribution in [0.1, 0.15) is 47.2 Å². The van der Waals surface area contributed by atoms with Crippen LogP contribution >= 0.6 is 0 Å². The van der Waals surface area contributed by atoms with Crippen LogP contribution in [0.25, 0.3) is 21.9 Å². The molecule has 1 fully saturated rings. The molecule has 1 aliphatic rings. The van der Waals surface area contributed by atoms with Crippen molar-refractivity contribution in [1.29, 1.82) is 0 Å². The molecule has 0 unspecified atom stereocenters. The zero-order valence-electron chi connectivity index (χ0n) is 17.0. The first-order valence-electron chi connectivity index (χ1n) is 10.3. The van der Waals surface area contributed by atoms with Gasteiger partial charge in [0.1, 0.15) is 17.1 Å². The van der Waals surface area contributed by atoms with E-state index in [2.05, 4.69) is 35.3 Å². The summed E-state index contributed by atoms with van der Waals surface area (Å²) in [6.07, 6.45) is 4.64. The Bertz CT molecular complexity index is 1310. The first-order valence-corrected chi connectivity index (χ1v) is 10.3. The zero-order valence-corrected chi connectivity index (χ0v) is 17.0. The minimum atomic E-state index is -1.14. The summed E-state index contributed by atoms with van der Waals surface area (Å²) in [6, 6.07) is 15.1. The number of aromatic carboxylic acids is 1. The number of carboxylic acids is 1. The highest BCUT2D eigenvalue weighted by Crippen LogP contribution is 2.45. The van der Waals surface area contributed by atoms with E-state index in [0.717, 1.165) is 24.6 Å². The van der Waals surface area contributed by atoms with Gasteiger partial charge in [-0.15, -0.1) is 5.10 Å². The lowest BCUT2D eigenvalue weighted by Gasteiger charge is -2.14. The van der Waals surface area contributed by atoms with Crippen LogP contribution in [0.15, 0.2) is 54.7 Å². The average molecular weight is 416 g/mol. The lowest BCUT2D eigenvalue weighted by Crippen LogP contribution is -2.01. The number of halogens is 1. The number of aryl methyl sites for hydroxylation is 1. The molecule has 1 aromatic heterocycles. The fourth-order valence-electron chi connectivity index (χ4n) is 3.99. The summed E-state index contributed by atoms with van der Waals surface area (Å²) in [5.41, 5.74) is 3.07. The summed E-state index contributed by atoms with van der Waals surface area (Å²) >= 11 is 0. The molecule has 5 rings (SSSR count). The molecule has 156 valence electrons. The van der Waals surface area contributed by atoms with Crippen LogP contribution in [-0.4, -0.2) is 21.3 Å². The molecule has 3 aromatic carbocycles. The van der Waals surface area contributed by atoms with Crippen LogP contribution in [0.2, 0.25) is 0 Å². The minimum absolute atomic E-state index is 0.0338. The number of rotatable bonds is 6. The third-order valence-electron chi connectivity index (χ3n) is 5.79. The molecule has 1 saturated carbocycles. The van der Waals surface area contributed by atoms with E-state index in [9.17, 15) is 14.3 Å². The number of ether oxygens (including phenoxy) is 1. The highest BCUT2D eigenvalue weighted by Gasteiger charge is 2.26. The van der Waals surface area contributed by atoms with Gasteiger partial charge in [-0.3, -0.25) is 5.10 Å². The van der Waals surface area contributed by atoms with Crippen molar-refractivity contribution in [2.75, 3.05) is 0 Å². The van der Waals surface area contributed by atoms with E-state index in [1.165, 1.54) is 28.8 Å². The Balaban J connectivity index is 1.57. The summed E-state index contributed by atoms with van der Waals surface area (Å²) in [5, 5.41) is 17.9. The number of benzene rings is 3. The first-order chi connectivity index (χ1) is 15.0. The van der Waals surface area contributed by atoms with E-state index in [-0.39, 0.29) is 16.9 Å². The quantitative estimate of drug-likeness (QED) is 0.387. The lowest BCUT2D eigenvalue weighted by atomic mass is 9.98. The Morgan fingerprint density at radius 2 is 2.03 bits per heavy atom. The Hall–Kier alpha value is -3.67. The number of aromatic nitrogens is 2. The monoisotopic (exact) mass is 416 g/mol. The van der Waals surface area contributed by atoms with E-state index < -0.39 is 11.9 Å². The van der Waals surface area contributed by atoms with Crippen molar-refractivity contribution in [3.63, 3.8) is 0 Å². The maximum Gasteiger partial charge on any atom is 0.339 e. The van der Waals surface area contributed by atoms with Gasteiger partial charge in [0.2, 0.25) is 5.95 Å². The summed E-state index contributed by atoms with van der Waals surface area (Å²) in [5.74, 6) is -0.484. The van der Waals surface area contributed by atoms with Gasteiger partial charge in [0.15, 0.2) is 0 Å². The first kappa shape index (κ1) is 19.3. The minimum Gasteiger partial charge on any atom is -0.478 e. The predicted octanol–water partition coefficient (Wildman–Crippen LogP) is 6.30. The maximum atomic E-state index is 13.8. The fourth-order valence-corrected chi connectivity index (χ4v) is 3.99. The molecule has 0 aliphatic heterocycles. The summed E-state index contributed by atoms with van der Waals surface area (Å²) < 4.78 is 19.9. The number of H-pyrrole nitrogens is 1. The third kappa shape index (κ3) is 3.65. The highest BCUT2D eigenvalue weighted by atomic mass is 19.1. The van der Waals surface area contributed by atoms with Gasteiger partial charge in [-0.1, -0.05) is 31.2 Å². The van der Waals surface area contributed by atoms with Gasteiger partial charge in [-0.25, -0.2) is 4.79 Å². The van der Waals surface area contributed by atoms with Crippen LogP contribution in [0.4, 0.5) is 4.39 Å². The molecule has 1 aliphatic carbocycles. The van der Waals surface area contributed by atoms with E-state index in [1.807, 2.05) is 12.1 Å². The molecular formula is C25H21FN2O3. The van der Waals surface area contributed by atoms with E-state index in [1.54, 1.807) is 12.1 Å². The molecule has 0 bridgehead atoms. The van der Waals surface area contributed by atoms with Gasteiger partial charge in [-0.2, -0.15) is 4.39 Å². The number of fused-ring (bicyclic) bond motifs is 1. The molecule has 1 heterocycles. The number of hydrogen-bond acceptors (Lipinski definition) is 3. The zero-order chi connectivity index (χ0) is 21.5. The van der Waals surface area contributed by atoms with E-state index in [4.69, 9.17) is 4.74 Å². The largest absolute Gasteiger partial charge is 0.478 e. The van der Waals surface area contributed by atoms with Gasteiger partial charge in [0.05, 0.1) is 5.56 Å². The fraction of sp³-hybridized carbons (Fsp3) is 0.200. The smallest absolute Gasteiger partial charge is 0.339 e. The standard InChI is InChI=1S/C25H21FN2O3/c1-2-14-3-7-19-17(9-14)10-18(12-20(19)15-4-5-15)31-23-8-6-16(11-21(23)25(29)30)22-13-27-28-24(22)26/h3,6-13,15H,2,4-5H2,1H3,(H,27,28)(H,29,30). The van der Waals surface area contributed by atoms with Crippen molar-refractivity contribution in [3.8, 4) is 22.6 Å². The van der Waals surface area contributed by atoms with E-state index in [0.29, 0.717) is 17.2 Å². The van der Waals surface area contributed by atoms with Crippen molar-refractivity contribution in [2.45, 2.75) is 32.1 Å². The molecule has 2 N–H and O–H groups in total. The second-order valence-corrected chi connectivity index (χ2v) is 7.90. The van der Waals surface area contributed by atoms with Gasteiger partial charge in [0.25, 0.3) is 0 Å². The van der Waals surface area contributed by atoms with Crippen LogP contribution in [0, 0.1) is 5.95 Å². The molecule has 0 radical (unpaired) electrons. The molecule has 4 aromatic rings. The van der Waals surface area contributed by atoms with Gasteiger partial charge in [-0.05, 0) is 76.9 Å². The average Bonchev–Trinajstić information content (AvgIpc) is 3.53. The number of carbonyl (C=O) groups is 1. The summed E-state index contributed by atoms with van der Waals surface area (Å²) in [7, 11) is 0. The van der Waals surface area contributed by atoms with Gasteiger partial charge in [0, 0.05) is 6.20 Å². The van der Waals surface area contributed by atoms with Crippen molar-refractivity contribution in [1.82, 2.24) is 10.2 Å². The van der Waals surface area contributed by atoms with E-state index >= 15 is 0 Å². The molecule has 0 amide bonds. The Labute approximate surface area is 178 Å². The molecular weight excluding hydrogens is 395 g/mol. The SMILES string of the molecule is CCc1ccc2c(C3CC3)cc(Oc3ccc(-c4c[nH]nc4F)cc3C(=O)O)cc2c1. The Morgan fingerprint density at radius 3 is 2.71 bits per heavy atom. The molecule has 0 atom stereocenters. The predicted molar refractivity (Wildman–Crippen MR) is 116 cm³/mol. The number of nitrogens with zero attached hydrogens (tertiary/aromatic N) is 1. The number of hydrogen-bond donors (Lipinski definition) is 2. The Kier molecular flexibility index (Phi) is 4.70. The molecule has 5 nitrogen and oxygen atoms in total. The molecule has 31 heavy (non-hydrogen) atoms.